The summed E-state index contributed by atoms with van der Waals surface area (Å²) in [6.45, 7) is 2.62. The Morgan fingerprint density at radius 2 is 2.32 bits per heavy atom. The zero-order chi connectivity index (χ0) is 15.5. The van der Waals surface area contributed by atoms with E-state index in [-0.39, 0.29) is 6.09 Å². The van der Waals surface area contributed by atoms with Crippen LogP contribution in [0.2, 0.25) is 5.02 Å². The molecule has 3 rings (SSSR count). The maximum absolute atomic E-state index is 11.3. The number of anilines is 1. The number of hydrogen-bond acceptors (Lipinski definition) is 4. The number of carbonyl (C=O) groups excluding carboxylic acids is 1. The van der Waals surface area contributed by atoms with Crippen molar-refractivity contribution in [3.8, 4) is 0 Å². The summed E-state index contributed by atoms with van der Waals surface area (Å²) in [5.41, 5.74) is 1.76. The molecule has 0 radical (unpaired) electrons. The summed E-state index contributed by atoms with van der Waals surface area (Å²) in [4.78, 5) is 17.4. The third-order valence-corrected chi connectivity index (χ3v) is 4.27. The van der Waals surface area contributed by atoms with E-state index in [9.17, 15) is 4.79 Å². The number of nitrogens with one attached hydrogen (secondary N) is 1. The SMILES string of the molecule is O=C1OCCN1CCCNc1ccnc2c(Cl)cc(Br)cc12. The Morgan fingerprint density at radius 3 is 3.09 bits per heavy atom. The molecule has 116 valence electrons. The average molecular weight is 385 g/mol. The zero-order valence-corrected chi connectivity index (χ0v) is 14.2. The van der Waals surface area contributed by atoms with Crippen molar-refractivity contribution in [1.29, 1.82) is 0 Å². The van der Waals surface area contributed by atoms with Crippen LogP contribution in [-0.2, 0) is 4.74 Å². The number of pyridine rings is 1. The Kier molecular flexibility index (Phi) is 4.69. The molecule has 0 aliphatic carbocycles. The van der Waals surface area contributed by atoms with Gasteiger partial charge in [-0.1, -0.05) is 27.5 Å². The molecular weight excluding hydrogens is 370 g/mol. The van der Waals surface area contributed by atoms with Crippen LogP contribution < -0.4 is 5.32 Å². The molecule has 1 N–H and O–H groups in total. The summed E-state index contributed by atoms with van der Waals surface area (Å²) in [6.07, 6.45) is 2.37. The molecule has 2 heterocycles. The highest BCUT2D eigenvalue weighted by molar-refractivity contribution is 9.10. The van der Waals surface area contributed by atoms with Crippen molar-refractivity contribution in [2.45, 2.75) is 6.42 Å². The van der Waals surface area contributed by atoms with Gasteiger partial charge in [-0.3, -0.25) is 4.98 Å². The number of fused-ring (bicyclic) bond motifs is 1. The van der Waals surface area contributed by atoms with E-state index in [1.54, 1.807) is 11.1 Å². The van der Waals surface area contributed by atoms with Crippen LogP contribution in [0.3, 0.4) is 0 Å². The number of carbonyl (C=O) groups is 1. The van der Waals surface area contributed by atoms with Crippen LogP contribution >= 0.6 is 27.5 Å². The van der Waals surface area contributed by atoms with Gasteiger partial charge >= 0.3 is 6.09 Å². The summed E-state index contributed by atoms with van der Waals surface area (Å²) >= 11 is 9.67. The number of rotatable bonds is 5. The molecule has 1 fully saturated rings. The van der Waals surface area contributed by atoms with E-state index in [1.165, 1.54) is 0 Å². The third kappa shape index (κ3) is 3.28. The molecule has 5 nitrogen and oxygen atoms in total. The first-order chi connectivity index (χ1) is 10.6. The molecule has 1 aromatic carbocycles. The second kappa shape index (κ2) is 6.71. The summed E-state index contributed by atoms with van der Waals surface area (Å²) in [5, 5.41) is 4.98. The zero-order valence-electron chi connectivity index (χ0n) is 11.8. The molecule has 2 aromatic rings. The molecule has 0 spiro atoms. The summed E-state index contributed by atoms with van der Waals surface area (Å²) in [5.74, 6) is 0. The van der Waals surface area contributed by atoms with Crippen molar-refractivity contribution in [2.24, 2.45) is 0 Å². The molecule has 0 atom stereocenters. The van der Waals surface area contributed by atoms with Gasteiger partial charge in [0.05, 0.1) is 17.1 Å². The van der Waals surface area contributed by atoms with Crippen molar-refractivity contribution in [1.82, 2.24) is 9.88 Å². The van der Waals surface area contributed by atoms with Crippen LogP contribution in [0.25, 0.3) is 10.9 Å². The van der Waals surface area contributed by atoms with Gasteiger partial charge in [-0.15, -0.1) is 0 Å². The van der Waals surface area contributed by atoms with E-state index in [0.717, 1.165) is 34.0 Å². The predicted molar refractivity (Wildman–Crippen MR) is 90.5 cm³/mol. The second-order valence-electron chi connectivity index (χ2n) is 5.02. The van der Waals surface area contributed by atoms with Gasteiger partial charge in [0.25, 0.3) is 0 Å². The molecule has 1 saturated heterocycles. The van der Waals surface area contributed by atoms with Gasteiger partial charge in [0, 0.05) is 34.8 Å². The first-order valence-corrected chi connectivity index (χ1v) is 8.21. The smallest absolute Gasteiger partial charge is 0.409 e. The Labute approximate surface area is 141 Å². The van der Waals surface area contributed by atoms with E-state index < -0.39 is 0 Å². The van der Waals surface area contributed by atoms with Crippen molar-refractivity contribution in [3.05, 3.63) is 33.9 Å². The molecule has 0 unspecified atom stereocenters. The molecule has 22 heavy (non-hydrogen) atoms. The maximum Gasteiger partial charge on any atom is 0.409 e. The van der Waals surface area contributed by atoms with Crippen molar-refractivity contribution in [2.75, 3.05) is 31.6 Å². The fourth-order valence-electron chi connectivity index (χ4n) is 2.45. The van der Waals surface area contributed by atoms with E-state index in [0.29, 0.717) is 24.7 Å². The highest BCUT2D eigenvalue weighted by Gasteiger charge is 2.20. The van der Waals surface area contributed by atoms with Crippen LogP contribution in [0.15, 0.2) is 28.9 Å². The van der Waals surface area contributed by atoms with Gasteiger partial charge in [-0.05, 0) is 24.6 Å². The summed E-state index contributed by atoms with van der Waals surface area (Å²) in [6, 6.07) is 5.75. The lowest BCUT2D eigenvalue weighted by atomic mass is 10.2. The lowest BCUT2D eigenvalue weighted by molar-refractivity contribution is 0.158. The molecule has 0 saturated carbocycles. The quantitative estimate of drug-likeness (QED) is 0.794. The molecule has 1 aromatic heterocycles. The minimum Gasteiger partial charge on any atom is -0.448 e. The number of amides is 1. The van der Waals surface area contributed by atoms with Gasteiger partial charge < -0.3 is 15.0 Å². The summed E-state index contributed by atoms with van der Waals surface area (Å²) in [7, 11) is 0. The Morgan fingerprint density at radius 1 is 1.45 bits per heavy atom. The van der Waals surface area contributed by atoms with E-state index in [4.69, 9.17) is 16.3 Å². The highest BCUT2D eigenvalue weighted by atomic mass is 79.9. The van der Waals surface area contributed by atoms with Crippen molar-refractivity contribution in [3.63, 3.8) is 0 Å². The van der Waals surface area contributed by atoms with Crippen LogP contribution in [0.1, 0.15) is 6.42 Å². The minimum atomic E-state index is -0.218. The predicted octanol–water partition coefficient (Wildman–Crippen LogP) is 3.90. The molecular formula is C15H15BrClN3O2. The Balaban J connectivity index is 1.65. The average Bonchev–Trinajstić information content (AvgIpc) is 2.89. The second-order valence-corrected chi connectivity index (χ2v) is 6.35. The third-order valence-electron chi connectivity index (χ3n) is 3.53. The number of benzene rings is 1. The number of cyclic esters (lactones) is 1. The topological polar surface area (TPSA) is 54.5 Å². The number of hydrogen-bond donors (Lipinski definition) is 1. The van der Waals surface area contributed by atoms with E-state index in [1.807, 2.05) is 18.2 Å². The summed E-state index contributed by atoms with van der Waals surface area (Å²) < 4.78 is 5.82. The van der Waals surface area contributed by atoms with Gasteiger partial charge in [-0.2, -0.15) is 0 Å². The number of nitrogens with zero attached hydrogens (tertiary/aromatic N) is 2. The molecule has 1 amide bonds. The van der Waals surface area contributed by atoms with Crippen molar-refractivity contribution < 1.29 is 9.53 Å². The van der Waals surface area contributed by atoms with Gasteiger partial charge in [-0.25, -0.2) is 4.79 Å². The lowest BCUT2D eigenvalue weighted by Crippen LogP contribution is -2.26. The maximum atomic E-state index is 11.3. The van der Waals surface area contributed by atoms with Crippen LogP contribution in [-0.4, -0.2) is 42.2 Å². The van der Waals surface area contributed by atoms with Crippen LogP contribution in [0.4, 0.5) is 10.5 Å². The first-order valence-electron chi connectivity index (χ1n) is 7.04. The van der Waals surface area contributed by atoms with Gasteiger partial charge in [0.1, 0.15) is 6.61 Å². The van der Waals surface area contributed by atoms with Gasteiger partial charge in [0.15, 0.2) is 0 Å². The fraction of sp³-hybridized carbons (Fsp3) is 0.333. The van der Waals surface area contributed by atoms with Gasteiger partial charge in [0.2, 0.25) is 0 Å². The standard InChI is InChI=1S/C15H15BrClN3O2/c16-10-8-11-13(2-4-19-14(11)12(17)9-10)18-3-1-5-20-6-7-22-15(20)21/h2,4,8-9H,1,3,5-7H2,(H,18,19). The van der Waals surface area contributed by atoms with Crippen LogP contribution in [0.5, 0.6) is 0 Å². The first kappa shape index (κ1) is 15.4. The minimum absolute atomic E-state index is 0.218. The monoisotopic (exact) mass is 383 g/mol. The highest BCUT2D eigenvalue weighted by Crippen LogP contribution is 2.31. The van der Waals surface area contributed by atoms with Crippen molar-refractivity contribution >= 4 is 50.2 Å². The lowest BCUT2D eigenvalue weighted by Gasteiger charge is -2.14. The fourth-order valence-corrected chi connectivity index (χ4v) is 3.31. The Hall–Kier alpha value is -1.53. The number of ether oxygens (including phenoxy) is 1. The van der Waals surface area contributed by atoms with E-state index in [2.05, 4.69) is 26.2 Å². The number of aromatic nitrogens is 1. The molecule has 0 bridgehead atoms. The van der Waals surface area contributed by atoms with Crippen LogP contribution in [0, 0.1) is 0 Å². The molecule has 1 aliphatic rings. The van der Waals surface area contributed by atoms with E-state index >= 15 is 0 Å². The number of halogens is 2. The normalized spacial score (nSPS) is 14.5. The Bertz CT molecular complexity index is 710. The largest absolute Gasteiger partial charge is 0.448 e. The molecule has 1 aliphatic heterocycles. The molecule has 7 heteroatoms.